The third kappa shape index (κ3) is 5.53. The second-order valence-corrected chi connectivity index (χ2v) is 5.66. The van der Waals surface area contributed by atoms with E-state index in [-0.39, 0.29) is 5.91 Å². The molecule has 28 heavy (non-hydrogen) atoms. The number of carboxylic acids is 1. The Hall–Kier alpha value is -3.43. The first-order valence-electron chi connectivity index (χ1n) is 7.99. The molecule has 10 heteroatoms. The fourth-order valence-corrected chi connectivity index (χ4v) is 2.17. The summed E-state index contributed by atoms with van der Waals surface area (Å²) in [7, 11) is 1.77. The van der Waals surface area contributed by atoms with Crippen molar-refractivity contribution in [2.24, 2.45) is 0 Å². The van der Waals surface area contributed by atoms with E-state index in [4.69, 9.17) is 14.4 Å². The fourth-order valence-electron chi connectivity index (χ4n) is 2.17. The number of carboxylic acid groups (broad SMARTS) is 1. The standard InChI is InChI=1S/C16H15N3O2.C2HF3O2/c1-19(11-8-12-6-9-17-10-7-12)16(20)15-13-4-2-3-5-14(13)21-18-15;3-2(4,5)1(6)7/h2-7,9-10H,8,11H2,1H3;(H,6,7). The lowest BCUT2D eigenvalue weighted by Gasteiger charge is -2.15. The number of para-hydroxylation sites is 1. The van der Waals surface area contributed by atoms with Crippen LogP contribution in [0.2, 0.25) is 0 Å². The molecular weight excluding hydrogens is 379 g/mol. The maximum absolute atomic E-state index is 12.4. The Morgan fingerprint density at radius 2 is 1.75 bits per heavy atom. The first-order chi connectivity index (χ1) is 13.2. The van der Waals surface area contributed by atoms with E-state index in [1.165, 1.54) is 0 Å². The van der Waals surface area contributed by atoms with E-state index in [0.29, 0.717) is 17.8 Å². The van der Waals surface area contributed by atoms with Gasteiger partial charge < -0.3 is 14.5 Å². The predicted octanol–water partition coefficient (Wildman–Crippen LogP) is 3.17. The number of nitrogens with zero attached hydrogens (tertiary/aromatic N) is 3. The van der Waals surface area contributed by atoms with Crippen LogP contribution in [0.4, 0.5) is 13.2 Å². The molecule has 0 saturated carbocycles. The van der Waals surface area contributed by atoms with Crippen LogP contribution in [0.1, 0.15) is 16.1 Å². The number of aliphatic carboxylic acids is 1. The Morgan fingerprint density at radius 3 is 2.36 bits per heavy atom. The number of amides is 1. The van der Waals surface area contributed by atoms with Gasteiger partial charge in [-0.15, -0.1) is 0 Å². The van der Waals surface area contributed by atoms with Gasteiger partial charge in [0.05, 0.1) is 5.39 Å². The van der Waals surface area contributed by atoms with E-state index in [1.807, 2.05) is 30.3 Å². The summed E-state index contributed by atoms with van der Waals surface area (Å²) >= 11 is 0. The fraction of sp³-hybridized carbons (Fsp3) is 0.222. The number of rotatable bonds is 4. The molecule has 1 N–H and O–H groups in total. The van der Waals surface area contributed by atoms with Crippen molar-refractivity contribution < 1.29 is 32.4 Å². The Morgan fingerprint density at radius 1 is 1.14 bits per heavy atom. The summed E-state index contributed by atoms with van der Waals surface area (Å²) in [5.74, 6) is -2.89. The van der Waals surface area contributed by atoms with Crippen molar-refractivity contribution in [3.05, 3.63) is 60.0 Å². The van der Waals surface area contributed by atoms with Gasteiger partial charge in [-0.25, -0.2) is 4.79 Å². The van der Waals surface area contributed by atoms with Crippen LogP contribution in [0.3, 0.4) is 0 Å². The average molecular weight is 395 g/mol. The lowest BCUT2D eigenvalue weighted by atomic mass is 10.1. The van der Waals surface area contributed by atoms with Gasteiger partial charge in [0, 0.05) is 26.0 Å². The zero-order chi connectivity index (χ0) is 20.7. The van der Waals surface area contributed by atoms with Gasteiger partial charge >= 0.3 is 12.1 Å². The molecule has 2 aromatic heterocycles. The van der Waals surface area contributed by atoms with Gasteiger partial charge in [0.25, 0.3) is 5.91 Å². The molecule has 2 heterocycles. The third-order valence-corrected chi connectivity index (χ3v) is 3.65. The maximum atomic E-state index is 12.4. The van der Waals surface area contributed by atoms with E-state index in [0.717, 1.165) is 17.4 Å². The van der Waals surface area contributed by atoms with Crippen LogP contribution in [0.15, 0.2) is 53.3 Å². The third-order valence-electron chi connectivity index (χ3n) is 3.65. The second kappa shape index (κ2) is 8.98. The average Bonchev–Trinajstić information content (AvgIpc) is 3.10. The summed E-state index contributed by atoms with van der Waals surface area (Å²) in [5, 5.41) is 11.8. The first kappa shape index (κ1) is 20.9. The van der Waals surface area contributed by atoms with Crippen LogP contribution < -0.4 is 0 Å². The van der Waals surface area contributed by atoms with Crippen LogP contribution >= 0.6 is 0 Å². The topological polar surface area (TPSA) is 96.5 Å². The Bertz CT molecular complexity index is 942. The highest BCUT2D eigenvalue weighted by molar-refractivity contribution is 6.03. The molecule has 0 atom stereocenters. The number of hydrogen-bond donors (Lipinski definition) is 1. The van der Waals surface area contributed by atoms with E-state index in [1.54, 1.807) is 30.4 Å². The molecule has 0 aliphatic rings. The summed E-state index contributed by atoms with van der Waals surface area (Å²) in [6, 6.07) is 11.3. The van der Waals surface area contributed by atoms with Gasteiger partial charge in [0.15, 0.2) is 11.3 Å². The van der Waals surface area contributed by atoms with Gasteiger partial charge in [-0.1, -0.05) is 17.3 Å². The number of carbonyl (C=O) groups is 2. The van der Waals surface area contributed by atoms with Crippen molar-refractivity contribution in [2.45, 2.75) is 12.6 Å². The molecule has 7 nitrogen and oxygen atoms in total. The highest BCUT2D eigenvalue weighted by Gasteiger charge is 2.38. The highest BCUT2D eigenvalue weighted by Crippen LogP contribution is 2.19. The summed E-state index contributed by atoms with van der Waals surface area (Å²) in [5.41, 5.74) is 2.14. The van der Waals surface area contributed by atoms with E-state index >= 15 is 0 Å². The molecular formula is C18H16F3N3O4. The molecule has 0 spiro atoms. The number of benzene rings is 1. The van der Waals surface area contributed by atoms with Gasteiger partial charge in [-0.2, -0.15) is 13.2 Å². The molecule has 0 unspecified atom stereocenters. The quantitative estimate of drug-likeness (QED) is 0.729. The summed E-state index contributed by atoms with van der Waals surface area (Å²) < 4.78 is 36.9. The molecule has 3 aromatic rings. The van der Waals surface area contributed by atoms with Crippen molar-refractivity contribution in [2.75, 3.05) is 13.6 Å². The number of hydrogen-bond acceptors (Lipinski definition) is 5. The lowest BCUT2D eigenvalue weighted by molar-refractivity contribution is -0.192. The number of alkyl halides is 3. The Kier molecular flexibility index (Phi) is 6.69. The maximum Gasteiger partial charge on any atom is 0.490 e. The number of pyridine rings is 1. The molecule has 0 saturated heterocycles. The smallest absolute Gasteiger partial charge is 0.475 e. The molecule has 148 valence electrons. The van der Waals surface area contributed by atoms with Crippen LogP contribution in [-0.4, -0.2) is 51.8 Å². The number of carbonyl (C=O) groups excluding carboxylic acids is 1. The van der Waals surface area contributed by atoms with Crippen molar-refractivity contribution in [1.82, 2.24) is 15.0 Å². The van der Waals surface area contributed by atoms with Gasteiger partial charge in [0.1, 0.15) is 0 Å². The number of aromatic nitrogens is 2. The number of fused-ring (bicyclic) bond motifs is 1. The lowest BCUT2D eigenvalue weighted by Crippen LogP contribution is -2.29. The van der Waals surface area contributed by atoms with E-state index in [2.05, 4.69) is 10.1 Å². The highest BCUT2D eigenvalue weighted by atomic mass is 19.4. The van der Waals surface area contributed by atoms with Gasteiger partial charge in [0.2, 0.25) is 0 Å². The molecule has 3 rings (SSSR count). The summed E-state index contributed by atoms with van der Waals surface area (Å²) in [6.45, 7) is 0.615. The molecule has 0 bridgehead atoms. The molecule has 0 fully saturated rings. The molecule has 1 aromatic carbocycles. The van der Waals surface area contributed by atoms with Crippen LogP contribution in [0.25, 0.3) is 11.0 Å². The van der Waals surface area contributed by atoms with E-state index < -0.39 is 12.1 Å². The van der Waals surface area contributed by atoms with Crippen molar-refractivity contribution in [1.29, 1.82) is 0 Å². The molecule has 1 amide bonds. The first-order valence-corrected chi connectivity index (χ1v) is 7.99. The molecule has 0 aliphatic carbocycles. The second-order valence-electron chi connectivity index (χ2n) is 5.66. The minimum Gasteiger partial charge on any atom is -0.475 e. The van der Waals surface area contributed by atoms with Crippen LogP contribution in [-0.2, 0) is 11.2 Å². The van der Waals surface area contributed by atoms with Gasteiger partial charge in [-0.05, 0) is 36.2 Å². The predicted molar refractivity (Wildman–Crippen MR) is 92.6 cm³/mol. The molecule has 0 radical (unpaired) electrons. The van der Waals surface area contributed by atoms with Crippen molar-refractivity contribution in [3.63, 3.8) is 0 Å². The van der Waals surface area contributed by atoms with Crippen molar-refractivity contribution >= 4 is 22.8 Å². The van der Waals surface area contributed by atoms with Crippen LogP contribution in [0, 0.1) is 0 Å². The largest absolute Gasteiger partial charge is 0.490 e. The summed E-state index contributed by atoms with van der Waals surface area (Å²) in [4.78, 5) is 27.0. The normalized spacial score (nSPS) is 10.9. The number of likely N-dealkylation sites (N-methyl/N-ethyl adjacent to an activating group) is 1. The Balaban J connectivity index is 0.000000345. The minimum absolute atomic E-state index is 0.131. The van der Waals surface area contributed by atoms with E-state index in [9.17, 15) is 18.0 Å². The molecule has 0 aliphatic heterocycles. The zero-order valence-electron chi connectivity index (χ0n) is 14.7. The monoisotopic (exact) mass is 395 g/mol. The zero-order valence-corrected chi connectivity index (χ0v) is 14.7. The van der Waals surface area contributed by atoms with Crippen LogP contribution in [0.5, 0.6) is 0 Å². The summed E-state index contributed by atoms with van der Waals surface area (Å²) in [6.07, 6.45) is -0.800. The SMILES string of the molecule is CN(CCc1ccncc1)C(=O)c1noc2ccccc12.O=C(O)C(F)(F)F. The van der Waals surface area contributed by atoms with Gasteiger partial charge in [-0.3, -0.25) is 9.78 Å². The van der Waals surface area contributed by atoms with Crippen molar-refractivity contribution in [3.8, 4) is 0 Å². The number of halogens is 3. The Labute approximate surface area is 157 Å². The minimum atomic E-state index is -5.08.